The minimum absolute atomic E-state index is 0.223. The number of hydrogen-bond donors (Lipinski definition) is 1. The second-order valence-electron chi connectivity index (χ2n) is 9.74. The molecule has 0 unspecified atom stereocenters. The number of aryl methyl sites for hydroxylation is 2. The Hall–Kier alpha value is -2.88. The minimum Gasteiger partial charge on any atom is -0.378 e. The lowest BCUT2D eigenvalue weighted by Gasteiger charge is -2.43. The number of nitrogens with one attached hydrogen (secondary N) is 1. The van der Waals surface area contributed by atoms with E-state index in [4.69, 9.17) is 0 Å². The van der Waals surface area contributed by atoms with Gasteiger partial charge in [-0.25, -0.2) is 0 Å². The van der Waals surface area contributed by atoms with Crippen LogP contribution in [0.1, 0.15) is 53.5 Å². The maximum absolute atomic E-state index is 11.4. The molecule has 30 heavy (non-hydrogen) atoms. The molecule has 2 saturated carbocycles. The number of nitrogens with zero attached hydrogens (tertiary/aromatic N) is 1. The fraction of sp³-hybridized carbons (Fsp3) is 0.385. The third-order valence-corrected chi connectivity index (χ3v) is 8.53. The van der Waals surface area contributed by atoms with Crippen LogP contribution in [0.5, 0.6) is 0 Å². The minimum atomic E-state index is -0.252. The lowest BCUT2D eigenvalue weighted by atomic mass is 9.67. The van der Waals surface area contributed by atoms with E-state index in [2.05, 4.69) is 35.6 Å². The number of benzene rings is 3. The molecule has 7 rings (SSSR count). The molecule has 2 bridgehead atoms. The molecule has 0 saturated heterocycles. The van der Waals surface area contributed by atoms with Crippen LogP contribution < -0.4 is 5.32 Å². The maximum Gasteiger partial charge on any atom is 0.269 e. The molecule has 1 N–H and O–H groups in total. The van der Waals surface area contributed by atoms with Crippen LogP contribution in [0, 0.1) is 27.9 Å². The van der Waals surface area contributed by atoms with Crippen molar-refractivity contribution in [1.82, 2.24) is 0 Å². The second-order valence-corrected chi connectivity index (χ2v) is 9.74. The van der Waals surface area contributed by atoms with Crippen molar-refractivity contribution in [3.05, 3.63) is 80.9 Å². The molecule has 2 fully saturated rings. The highest BCUT2D eigenvalue weighted by Gasteiger charge is 2.54. The zero-order valence-corrected chi connectivity index (χ0v) is 16.8. The van der Waals surface area contributed by atoms with E-state index in [-0.39, 0.29) is 16.7 Å². The van der Waals surface area contributed by atoms with E-state index < -0.39 is 0 Å². The van der Waals surface area contributed by atoms with Crippen molar-refractivity contribution in [2.24, 2.45) is 17.8 Å². The van der Waals surface area contributed by atoms with Gasteiger partial charge in [0.1, 0.15) is 0 Å². The summed E-state index contributed by atoms with van der Waals surface area (Å²) in [6, 6.07) is 17.3. The quantitative estimate of drug-likeness (QED) is 0.418. The number of fused-ring (bicyclic) bond motifs is 7. The van der Waals surface area contributed by atoms with Crippen LogP contribution in [0.3, 0.4) is 0 Å². The summed E-state index contributed by atoms with van der Waals surface area (Å²) in [6.45, 7) is 0. The van der Waals surface area contributed by atoms with Gasteiger partial charge in [0.2, 0.25) is 0 Å². The van der Waals surface area contributed by atoms with Gasteiger partial charge < -0.3 is 5.32 Å². The SMILES string of the molecule is O=[N+]([O-])c1ccc2c(c1)[C@@H]1[C@H]3CC[C@@H](C3)[C@H]1[C@H](c1ccc3c4c(cccc14)CC3)N2. The van der Waals surface area contributed by atoms with Crippen molar-refractivity contribution in [3.8, 4) is 0 Å². The summed E-state index contributed by atoms with van der Waals surface area (Å²) in [7, 11) is 0. The number of nitro benzene ring substituents is 1. The standard InChI is InChI=1S/C26H24N2O2/c29-28(30)18-9-11-22-21(13-18)24-16-6-7-17(12-16)25(24)26(27-22)20-10-8-15-5-4-14-2-1-3-19(20)23(14)15/h1-3,8-11,13,16-17,24-27H,4-7,12H2/t16-,17-,24-,25+,26-/m0/s1. The van der Waals surface area contributed by atoms with Gasteiger partial charge in [0.25, 0.3) is 5.69 Å². The van der Waals surface area contributed by atoms with E-state index in [1.807, 2.05) is 12.1 Å². The zero-order chi connectivity index (χ0) is 20.0. The van der Waals surface area contributed by atoms with E-state index in [0.717, 1.165) is 18.5 Å². The van der Waals surface area contributed by atoms with Crippen LogP contribution in [0.15, 0.2) is 48.5 Å². The monoisotopic (exact) mass is 396 g/mol. The summed E-state index contributed by atoms with van der Waals surface area (Å²) in [5.41, 5.74) is 6.90. The first-order valence-corrected chi connectivity index (χ1v) is 11.3. The van der Waals surface area contributed by atoms with E-state index in [1.54, 1.807) is 6.07 Å². The third-order valence-electron chi connectivity index (χ3n) is 8.53. The second kappa shape index (κ2) is 5.84. The van der Waals surface area contributed by atoms with Gasteiger partial charge >= 0.3 is 0 Å². The van der Waals surface area contributed by atoms with Crippen LogP contribution in [0.25, 0.3) is 10.8 Å². The molecule has 5 atom stereocenters. The molecule has 0 spiro atoms. The first-order chi connectivity index (χ1) is 14.7. The van der Waals surface area contributed by atoms with Gasteiger partial charge in [0.05, 0.1) is 11.0 Å². The summed E-state index contributed by atoms with van der Waals surface area (Å²) >= 11 is 0. The van der Waals surface area contributed by atoms with E-state index in [1.165, 1.54) is 52.3 Å². The van der Waals surface area contributed by atoms with Crippen molar-refractivity contribution in [2.45, 2.75) is 44.1 Å². The van der Waals surface area contributed by atoms with Crippen molar-refractivity contribution in [3.63, 3.8) is 0 Å². The zero-order valence-electron chi connectivity index (χ0n) is 16.8. The van der Waals surface area contributed by atoms with E-state index in [0.29, 0.717) is 23.7 Å². The Morgan fingerprint density at radius 3 is 2.63 bits per heavy atom. The number of anilines is 1. The largest absolute Gasteiger partial charge is 0.378 e. The van der Waals surface area contributed by atoms with Crippen molar-refractivity contribution in [1.29, 1.82) is 0 Å². The summed E-state index contributed by atoms with van der Waals surface area (Å²) in [5.74, 6) is 2.35. The Labute approximate surface area is 175 Å². The highest BCUT2D eigenvalue weighted by Crippen LogP contribution is 2.64. The van der Waals surface area contributed by atoms with Crippen LogP contribution in [-0.2, 0) is 12.8 Å². The molecule has 1 heterocycles. The Balaban J connectivity index is 1.43. The Morgan fingerprint density at radius 1 is 0.933 bits per heavy atom. The summed E-state index contributed by atoms with van der Waals surface area (Å²) in [4.78, 5) is 11.2. The van der Waals surface area contributed by atoms with E-state index in [9.17, 15) is 10.1 Å². The normalized spacial score (nSPS) is 30.2. The molecule has 150 valence electrons. The molecule has 1 aliphatic heterocycles. The fourth-order valence-corrected chi connectivity index (χ4v) is 7.44. The molecule has 4 nitrogen and oxygen atoms in total. The smallest absolute Gasteiger partial charge is 0.269 e. The Morgan fingerprint density at radius 2 is 1.77 bits per heavy atom. The predicted octanol–water partition coefficient (Wildman–Crippen LogP) is 6.14. The fourth-order valence-electron chi connectivity index (χ4n) is 7.44. The molecule has 0 aromatic heterocycles. The summed E-state index contributed by atoms with van der Waals surface area (Å²) in [6.07, 6.45) is 6.14. The molecule has 3 aromatic rings. The van der Waals surface area contributed by atoms with Gasteiger partial charge in [-0.3, -0.25) is 10.1 Å². The summed E-state index contributed by atoms with van der Waals surface area (Å²) < 4.78 is 0. The van der Waals surface area contributed by atoms with Crippen LogP contribution in [-0.4, -0.2) is 4.92 Å². The highest BCUT2D eigenvalue weighted by atomic mass is 16.6. The number of rotatable bonds is 2. The van der Waals surface area contributed by atoms with Gasteiger partial charge in [0.15, 0.2) is 0 Å². The van der Waals surface area contributed by atoms with Crippen molar-refractivity contribution < 1.29 is 4.92 Å². The third kappa shape index (κ3) is 2.12. The topological polar surface area (TPSA) is 55.2 Å². The van der Waals surface area contributed by atoms with Crippen LogP contribution in [0.4, 0.5) is 11.4 Å². The molecule has 0 amide bonds. The molecule has 3 aliphatic carbocycles. The van der Waals surface area contributed by atoms with Gasteiger partial charge in [-0.2, -0.15) is 0 Å². The van der Waals surface area contributed by atoms with Gasteiger partial charge in [-0.15, -0.1) is 0 Å². The average Bonchev–Trinajstić information content (AvgIpc) is 3.49. The van der Waals surface area contributed by atoms with Gasteiger partial charge in [-0.1, -0.05) is 30.3 Å². The number of nitro groups is 1. The number of hydrogen-bond acceptors (Lipinski definition) is 3. The number of non-ortho nitro benzene ring substituents is 1. The van der Waals surface area contributed by atoms with Crippen molar-refractivity contribution >= 4 is 22.1 Å². The Kier molecular flexibility index (Phi) is 3.28. The molecule has 3 aromatic carbocycles. The molecule has 4 heteroatoms. The molecular weight excluding hydrogens is 372 g/mol. The van der Waals surface area contributed by atoms with Crippen LogP contribution >= 0.6 is 0 Å². The molecule has 4 aliphatic rings. The maximum atomic E-state index is 11.4. The average molecular weight is 396 g/mol. The molecular formula is C26H24N2O2. The highest BCUT2D eigenvalue weighted by molar-refractivity contribution is 5.94. The lowest BCUT2D eigenvalue weighted by molar-refractivity contribution is -0.384. The summed E-state index contributed by atoms with van der Waals surface area (Å²) in [5, 5.41) is 18.2. The predicted molar refractivity (Wildman–Crippen MR) is 118 cm³/mol. The van der Waals surface area contributed by atoms with Crippen molar-refractivity contribution in [2.75, 3.05) is 5.32 Å². The first-order valence-electron chi connectivity index (χ1n) is 11.3. The Bertz CT molecular complexity index is 1220. The molecule has 0 radical (unpaired) electrons. The van der Waals surface area contributed by atoms with E-state index >= 15 is 0 Å². The van der Waals surface area contributed by atoms with Gasteiger partial charge in [0, 0.05) is 17.8 Å². The first kappa shape index (κ1) is 16.9. The lowest BCUT2D eigenvalue weighted by Crippen LogP contribution is -2.35. The van der Waals surface area contributed by atoms with Crippen LogP contribution in [0.2, 0.25) is 0 Å². The van der Waals surface area contributed by atoms with Gasteiger partial charge in [-0.05, 0) is 94.9 Å².